The van der Waals surface area contributed by atoms with E-state index in [0.29, 0.717) is 19.3 Å². The Morgan fingerprint density at radius 1 is 1.26 bits per heavy atom. The van der Waals surface area contributed by atoms with Crippen molar-refractivity contribution in [3.63, 3.8) is 0 Å². The lowest BCUT2D eigenvalue weighted by Gasteiger charge is -2.69. The molecule has 1 aromatic rings. The van der Waals surface area contributed by atoms with Crippen LogP contribution in [-0.2, 0) is 4.79 Å². The zero-order chi connectivity index (χ0) is 16.8. The van der Waals surface area contributed by atoms with Crippen LogP contribution in [-0.4, -0.2) is 35.0 Å². The number of hydrogen-bond donors (Lipinski definition) is 3. The lowest BCUT2D eigenvalue weighted by atomic mass is 9.38. The third-order valence-electron chi connectivity index (χ3n) is 4.59. The second-order valence-corrected chi connectivity index (χ2v) is 6.66. The zero-order valence-corrected chi connectivity index (χ0v) is 12.7. The van der Waals surface area contributed by atoms with Crippen molar-refractivity contribution < 1.29 is 23.9 Å². The van der Waals surface area contributed by atoms with Crippen molar-refractivity contribution in [2.45, 2.75) is 24.8 Å². The number of halogens is 2. The molecule has 3 aliphatic rings. The summed E-state index contributed by atoms with van der Waals surface area (Å²) in [6.45, 7) is -0.160. The van der Waals surface area contributed by atoms with Crippen LogP contribution in [0.3, 0.4) is 0 Å². The zero-order valence-electron chi connectivity index (χ0n) is 12.0. The second-order valence-electron chi connectivity index (χ2n) is 6.26. The molecule has 3 saturated carbocycles. The number of amides is 2. The summed E-state index contributed by atoms with van der Waals surface area (Å²) >= 11 is 5.54. The first-order chi connectivity index (χ1) is 10.8. The molecule has 4 rings (SSSR count). The fraction of sp³-hybridized carbons (Fsp3) is 0.400. The molecule has 0 saturated heterocycles. The van der Waals surface area contributed by atoms with E-state index in [2.05, 4.69) is 10.6 Å². The van der Waals surface area contributed by atoms with Gasteiger partial charge in [0.1, 0.15) is 5.82 Å². The van der Waals surface area contributed by atoms with E-state index in [1.54, 1.807) is 0 Å². The molecule has 0 heterocycles. The minimum atomic E-state index is -1.09. The summed E-state index contributed by atoms with van der Waals surface area (Å²) in [7, 11) is 0. The maximum Gasteiger partial charge on any atom is 0.405 e. The molecule has 0 spiro atoms. The van der Waals surface area contributed by atoms with Crippen molar-refractivity contribution in [2.75, 3.05) is 6.54 Å². The summed E-state index contributed by atoms with van der Waals surface area (Å²) in [6.07, 6.45) is 0.313. The first-order valence-electron chi connectivity index (χ1n) is 7.03. The normalized spacial score (nSPS) is 27.4. The number of hydrogen-bond acceptors (Lipinski definition) is 3. The Morgan fingerprint density at radius 2 is 1.91 bits per heavy atom. The van der Waals surface area contributed by atoms with E-state index in [-0.39, 0.29) is 22.9 Å². The maximum atomic E-state index is 13.3. The van der Waals surface area contributed by atoms with Crippen LogP contribution in [0.2, 0.25) is 5.02 Å². The Bertz CT molecular complexity index is 702. The van der Waals surface area contributed by atoms with Gasteiger partial charge in [-0.3, -0.25) is 9.59 Å². The molecule has 6 nitrogen and oxygen atoms in total. The molecule has 0 radical (unpaired) electrons. The standard InChI is InChI=1S/C15H14ClFN2O4/c16-9-2-1-8(3-10(9)17)12(21)18-4-11(20)14-5-15(6-14,7-14)19-13(22)23/h1-3,19H,4-7H2,(H,18,21)(H,22,23). The van der Waals surface area contributed by atoms with Crippen LogP contribution in [0.25, 0.3) is 0 Å². The second kappa shape index (κ2) is 5.19. The molecular formula is C15H14ClFN2O4. The Morgan fingerprint density at radius 3 is 2.48 bits per heavy atom. The average Bonchev–Trinajstić information content (AvgIpc) is 2.41. The van der Waals surface area contributed by atoms with Crippen LogP contribution in [0.5, 0.6) is 0 Å². The molecule has 23 heavy (non-hydrogen) atoms. The Hall–Kier alpha value is -2.15. The van der Waals surface area contributed by atoms with Crippen LogP contribution in [0.1, 0.15) is 29.6 Å². The number of carbonyl (C=O) groups is 3. The predicted octanol–water partition coefficient (Wildman–Crippen LogP) is 1.97. The largest absolute Gasteiger partial charge is 0.465 e. The molecule has 0 atom stereocenters. The van der Waals surface area contributed by atoms with Gasteiger partial charge in [0.25, 0.3) is 5.91 Å². The van der Waals surface area contributed by atoms with Crippen LogP contribution in [0.15, 0.2) is 18.2 Å². The highest BCUT2D eigenvalue weighted by molar-refractivity contribution is 6.30. The first-order valence-corrected chi connectivity index (χ1v) is 7.41. The molecule has 0 aliphatic heterocycles. The van der Waals surface area contributed by atoms with Crippen LogP contribution in [0, 0.1) is 11.2 Å². The average molecular weight is 341 g/mol. The number of carbonyl (C=O) groups excluding carboxylic acids is 2. The number of rotatable bonds is 5. The highest BCUT2D eigenvalue weighted by Crippen LogP contribution is 2.67. The summed E-state index contributed by atoms with van der Waals surface area (Å²) < 4.78 is 13.3. The van der Waals surface area contributed by atoms with E-state index >= 15 is 0 Å². The van der Waals surface area contributed by atoms with E-state index < -0.39 is 28.8 Å². The fourth-order valence-corrected chi connectivity index (χ4v) is 3.65. The SMILES string of the molecule is O=C(O)NC12CC(C(=O)CNC(=O)c3ccc(Cl)c(F)c3)(C1)C2. The third-order valence-corrected chi connectivity index (χ3v) is 4.89. The van der Waals surface area contributed by atoms with Gasteiger partial charge in [-0.1, -0.05) is 11.6 Å². The van der Waals surface area contributed by atoms with Crippen molar-refractivity contribution in [3.8, 4) is 0 Å². The summed E-state index contributed by atoms with van der Waals surface area (Å²) in [4.78, 5) is 34.7. The molecule has 122 valence electrons. The highest BCUT2D eigenvalue weighted by atomic mass is 35.5. The number of nitrogens with one attached hydrogen (secondary N) is 2. The molecule has 2 amide bonds. The van der Waals surface area contributed by atoms with Gasteiger partial charge in [0.15, 0.2) is 5.78 Å². The third kappa shape index (κ3) is 2.65. The van der Waals surface area contributed by atoms with Gasteiger partial charge in [-0.05, 0) is 37.5 Å². The monoisotopic (exact) mass is 340 g/mol. The number of benzene rings is 1. The van der Waals surface area contributed by atoms with E-state index in [4.69, 9.17) is 16.7 Å². The molecular weight excluding hydrogens is 327 g/mol. The summed E-state index contributed by atoms with van der Waals surface area (Å²) in [5.74, 6) is -1.39. The molecule has 0 aromatic heterocycles. The lowest BCUT2D eigenvalue weighted by Crippen LogP contribution is -2.77. The van der Waals surface area contributed by atoms with E-state index in [0.717, 1.165) is 6.07 Å². The van der Waals surface area contributed by atoms with E-state index in [1.165, 1.54) is 12.1 Å². The first kappa shape index (κ1) is 15.7. The number of Topliss-reactive ketones (excluding diaryl/α,β-unsaturated/α-hetero) is 1. The van der Waals surface area contributed by atoms with Crippen LogP contribution >= 0.6 is 11.6 Å². The molecule has 8 heteroatoms. The van der Waals surface area contributed by atoms with Gasteiger partial charge < -0.3 is 15.7 Å². The van der Waals surface area contributed by atoms with Crippen molar-refractivity contribution in [1.29, 1.82) is 0 Å². The highest BCUT2D eigenvalue weighted by Gasteiger charge is 2.71. The maximum absolute atomic E-state index is 13.3. The van der Waals surface area contributed by atoms with E-state index in [1.807, 2.05) is 0 Å². The van der Waals surface area contributed by atoms with Crippen molar-refractivity contribution >= 4 is 29.4 Å². The Labute approximate surface area is 136 Å². The Balaban J connectivity index is 1.52. The van der Waals surface area contributed by atoms with Gasteiger partial charge in [0.2, 0.25) is 0 Å². The van der Waals surface area contributed by atoms with Crippen molar-refractivity contribution in [1.82, 2.24) is 10.6 Å². The number of carboxylic acid groups (broad SMARTS) is 1. The fourth-order valence-electron chi connectivity index (χ4n) is 3.53. The molecule has 0 unspecified atom stereocenters. The molecule has 2 bridgehead atoms. The van der Waals surface area contributed by atoms with Crippen molar-refractivity contribution in [3.05, 3.63) is 34.6 Å². The van der Waals surface area contributed by atoms with Gasteiger partial charge >= 0.3 is 6.09 Å². The van der Waals surface area contributed by atoms with Gasteiger partial charge in [0.05, 0.1) is 11.6 Å². The quantitative estimate of drug-likeness (QED) is 0.763. The summed E-state index contributed by atoms with van der Waals surface area (Å²) in [5, 5.41) is 13.5. The van der Waals surface area contributed by atoms with Gasteiger partial charge in [-0.2, -0.15) is 0 Å². The summed E-state index contributed by atoms with van der Waals surface area (Å²) in [5.41, 5.74) is -0.910. The Kier molecular flexibility index (Phi) is 3.55. The van der Waals surface area contributed by atoms with Gasteiger partial charge in [-0.15, -0.1) is 0 Å². The topological polar surface area (TPSA) is 95.5 Å². The minimum absolute atomic E-state index is 0.0808. The van der Waals surface area contributed by atoms with Crippen molar-refractivity contribution in [2.24, 2.45) is 5.41 Å². The van der Waals surface area contributed by atoms with Gasteiger partial charge in [-0.25, -0.2) is 9.18 Å². The molecule has 3 N–H and O–H groups in total. The van der Waals surface area contributed by atoms with Crippen LogP contribution in [0.4, 0.5) is 9.18 Å². The molecule has 3 fully saturated rings. The van der Waals surface area contributed by atoms with Gasteiger partial charge in [0, 0.05) is 16.5 Å². The molecule has 1 aromatic carbocycles. The predicted molar refractivity (Wildman–Crippen MR) is 78.9 cm³/mol. The van der Waals surface area contributed by atoms with Crippen LogP contribution < -0.4 is 10.6 Å². The lowest BCUT2D eigenvalue weighted by molar-refractivity contribution is -0.175. The molecule has 3 aliphatic carbocycles. The smallest absolute Gasteiger partial charge is 0.405 e. The van der Waals surface area contributed by atoms with E-state index in [9.17, 15) is 18.8 Å². The summed E-state index contributed by atoms with van der Waals surface area (Å²) in [6, 6.07) is 3.66. The minimum Gasteiger partial charge on any atom is -0.465 e. The number of ketones is 1.